The van der Waals surface area contributed by atoms with E-state index >= 15 is 0 Å². The Morgan fingerprint density at radius 2 is 1.96 bits per heavy atom. The fourth-order valence-corrected chi connectivity index (χ4v) is 3.49. The third-order valence-electron chi connectivity index (χ3n) is 5.08. The third kappa shape index (κ3) is 3.75. The molecule has 0 spiro atoms. The van der Waals surface area contributed by atoms with Crippen molar-refractivity contribution in [3.05, 3.63) is 17.2 Å². The van der Waals surface area contributed by atoms with Gasteiger partial charge in [-0.1, -0.05) is 13.8 Å². The van der Waals surface area contributed by atoms with Gasteiger partial charge in [0, 0.05) is 50.9 Å². The van der Waals surface area contributed by atoms with Crippen molar-refractivity contribution in [2.45, 2.75) is 39.7 Å². The predicted molar refractivity (Wildman–Crippen MR) is 90.6 cm³/mol. The zero-order chi connectivity index (χ0) is 16.6. The van der Waals surface area contributed by atoms with E-state index in [0.717, 1.165) is 50.5 Å². The smallest absolute Gasteiger partial charge is 0.271 e. The molecule has 6 nitrogen and oxygen atoms in total. The molecule has 0 bridgehead atoms. The molecule has 3 rings (SSSR count). The normalized spacial score (nSPS) is 23.9. The third-order valence-corrected chi connectivity index (χ3v) is 5.08. The zero-order valence-corrected chi connectivity index (χ0v) is 14.8. The van der Waals surface area contributed by atoms with Gasteiger partial charge in [-0.05, 0) is 25.8 Å². The number of aromatic nitrogens is 2. The molecule has 2 N–H and O–H groups in total. The number of nitrogens with one attached hydrogen (secondary N) is 2. The summed E-state index contributed by atoms with van der Waals surface area (Å²) in [5.74, 6) is 0.898. The summed E-state index contributed by atoms with van der Waals surface area (Å²) in [6.07, 6.45) is 1.72. The Bertz CT molecular complexity index is 572. The SMILES string of the molecule is C[C@@H](Cc1nc2c([nH]1)CC(C)(C)CNC2=O)N1CCN(C)CC1. The maximum absolute atomic E-state index is 12.2. The van der Waals surface area contributed by atoms with Crippen molar-refractivity contribution < 1.29 is 4.79 Å². The molecule has 0 radical (unpaired) electrons. The highest BCUT2D eigenvalue weighted by Gasteiger charge is 2.30. The Labute approximate surface area is 138 Å². The standard InChI is InChI=1S/C17H29N5O/c1-12(22-7-5-21(4)6-8-22)9-14-19-13-10-17(2,3)11-18-16(23)15(13)20-14/h12H,5-11H2,1-4H3,(H,18,23)(H,19,20)/t12-/m0/s1. The first-order chi connectivity index (χ1) is 10.8. The number of aromatic amines is 1. The van der Waals surface area contributed by atoms with Crippen molar-refractivity contribution in [2.75, 3.05) is 39.8 Å². The van der Waals surface area contributed by atoms with Gasteiger partial charge in [0.25, 0.3) is 5.91 Å². The van der Waals surface area contributed by atoms with Crippen LogP contribution in [-0.2, 0) is 12.8 Å². The fourth-order valence-electron chi connectivity index (χ4n) is 3.49. The van der Waals surface area contributed by atoms with Crippen LogP contribution in [0.15, 0.2) is 0 Å². The van der Waals surface area contributed by atoms with Gasteiger partial charge in [0.2, 0.25) is 0 Å². The van der Waals surface area contributed by atoms with Crippen molar-refractivity contribution in [1.82, 2.24) is 25.1 Å². The number of amides is 1. The highest BCUT2D eigenvalue weighted by molar-refractivity contribution is 5.93. The van der Waals surface area contributed by atoms with Crippen LogP contribution in [0.2, 0.25) is 0 Å². The molecule has 1 amide bonds. The van der Waals surface area contributed by atoms with Crippen LogP contribution < -0.4 is 5.32 Å². The van der Waals surface area contributed by atoms with E-state index in [-0.39, 0.29) is 11.3 Å². The Morgan fingerprint density at radius 3 is 2.65 bits per heavy atom. The fraction of sp³-hybridized carbons (Fsp3) is 0.765. The van der Waals surface area contributed by atoms with Crippen LogP contribution in [0.25, 0.3) is 0 Å². The first-order valence-electron chi connectivity index (χ1n) is 8.63. The minimum Gasteiger partial charge on any atom is -0.350 e. The number of fused-ring (bicyclic) bond motifs is 1. The minimum absolute atomic E-state index is 0.0414. The van der Waals surface area contributed by atoms with E-state index in [0.29, 0.717) is 18.3 Å². The second-order valence-corrected chi connectivity index (χ2v) is 7.93. The summed E-state index contributed by atoms with van der Waals surface area (Å²) in [5.41, 5.74) is 1.65. The number of nitrogens with zero attached hydrogens (tertiary/aromatic N) is 3. The van der Waals surface area contributed by atoms with E-state index in [1.165, 1.54) is 0 Å². The molecular weight excluding hydrogens is 290 g/mol. The topological polar surface area (TPSA) is 64.3 Å². The van der Waals surface area contributed by atoms with Crippen molar-refractivity contribution >= 4 is 5.91 Å². The molecule has 1 fully saturated rings. The number of H-pyrrole nitrogens is 1. The van der Waals surface area contributed by atoms with Gasteiger partial charge in [0.05, 0.1) is 0 Å². The highest BCUT2D eigenvalue weighted by atomic mass is 16.1. The van der Waals surface area contributed by atoms with Gasteiger partial charge in [-0.25, -0.2) is 4.98 Å². The van der Waals surface area contributed by atoms with E-state index < -0.39 is 0 Å². The number of carbonyl (C=O) groups excluding carboxylic acids is 1. The summed E-state index contributed by atoms with van der Waals surface area (Å²) in [6.45, 7) is 11.8. The van der Waals surface area contributed by atoms with Crippen molar-refractivity contribution in [1.29, 1.82) is 0 Å². The van der Waals surface area contributed by atoms with Crippen molar-refractivity contribution in [2.24, 2.45) is 5.41 Å². The summed E-state index contributed by atoms with van der Waals surface area (Å²) in [6, 6.07) is 0.439. The molecular formula is C17H29N5O. The van der Waals surface area contributed by atoms with Gasteiger partial charge in [-0.2, -0.15) is 0 Å². The quantitative estimate of drug-likeness (QED) is 0.869. The maximum atomic E-state index is 12.2. The van der Waals surface area contributed by atoms with Crippen molar-refractivity contribution in [3.63, 3.8) is 0 Å². The monoisotopic (exact) mass is 319 g/mol. The maximum Gasteiger partial charge on any atom is 0.271 e. The summed E-state index contributed by atoms with van der Waals surface area (Å²) in [4.78, 5) is 25.1. The van der Waals surface area contributed by atoms with Gasteiger partial charge < -0.3 is 15.2 Å². The van der Waals surface area contributed by atoms with Crippen LogP contribution in [0.3, 0.4) is 0 Å². The first kappa shape index (κ1) is 16.5. The van der Waals surface area contributed by atoms with Crippen LogP contribution in [0.4, 0.5) is 0 Å². The average molecular weight is 319 g/mol. The number of rotatable bonds is 3. The van der Waals surface area contributed by atoms with Gasteiger partial charge in [-0.15, -0.1) is 0 Å². The lowest BCUT2D eigenvalue weighted by atomic mass is 9.88. The number of hydrogen-bond acceptors (Lipinski definition) is 4. The lowest BCUT2D eigenvalue weighted by Crippen LogP contribution is -2.48. The molecule has 0 aromatic carbocycles. The molecule has 0 aliphatic carbocycles. The molecule has 23 heavy (non-hydrogen) atoms. The second-order valence-electron chi connectivity index (χ2n) is 7.93. The lowest BCUT2D eigenvalue weighted by Gasteiger charge is -2.36. The molecule has 1 aromatic heterocycles. The Hall–Kier alpha value is -1.40. The summed E-state index contributed by atoms with van der Waals surface area (Å²) >= 11 is 0. The van der Waals surface area contributed by atoms with Crippen molar-refractivity contribution in [3.8, 4) is 0 Å². The second kappa shape index (κ2) is 6.24. The first-order valence-corrected chi connectivity index (χ1v) is 8.63. The van der Waals surface area contributed by atoms with E-state index in [9.17, 15) is 4.79 Å². The van der Waals surface area contributed by atoms with Crippen LogP contribution in [0.5, 0.6) is 0 Å². The largest absolute Gasteiger partial charge is 0.350 e. The summed E-state index contributed by atoms with van der Waals surface area (Å²) in [7, 11) is 2.17. The van der Waals surface area contributed by atoms with Gasteiger partial charge in [-0.3, -0.25) is 9.69 Å². The predicted octanol–water partition coefficient (Wildman–Crippen LogP) is 0.900. The molecule has 6 heteroatoms. The molecule has 2 aliphatic heterocycles. The van der Waals surface area contributed by atoms with Crippen LogP contribution in [-0.4, -0.2) is 71.5 Å². The minimum atomic E-state index is -0.0414. The Kier molecular flexibility index (Phi) is 4.47. The molecule has 1 atom stereocenters. The van der Waals surface area contributed by atoms with Crippen LogP contribution in [0.1, 0.15) is 42.8 Å². The zero-order valence-electron chi connectivity index (χ0n) is 14.8. The summed E-state index contributed by atoms with van der Waals surface area (Å²) in [5, 5.41) is 2.99. The van der Waals surface area contributed by atoms with E-state index in [1.807, 2.05) is 0 Å². The van der Waals surface area contributed by atoms with Crippen LogP contribution in [0, 0.1) is 5.41 Å². The van der Waals surface area contributed by atoms with E-state index in [1.54, 1.807) is 0 Å². The lowest BCUT2D eigenvalue weighted by molar-refractivity contribution is 0.0940. The van der Waals surface area contributed by atoms with Crippen LogP contribution >= 0.6 is 0 Å². The molecule has 0 saturated carbocycles. The number of piperazine rings is 1. The number of hydrogen-bond donors (Lipinski definition) is 2. The van der Waals surface area contributed by atoms with Gasteiger partial charge in [0.1, 0.15) is 11.5 Å². The molecule has 0 unspecified atom stereocenters. The van der Waals surface area contributed by atoms with E-state index in [2.05, 4.69) is 52.9 Å². The molecule has 1 aromatic rings. The number of carbonyl (C=O) groups is 1. The Balaban J connectivity index is 1.70. The Morgan fingerprint density at radius 1 is 1.26 bits per heavy atom. The molecule has 1 saturated heterocycles. The molecule has 128 valence electrons. The summed E-state index contributed by atoms with van der Waals surface area (Å²) < 4.78 is 0. The average Bonchev–Trinajstić information content (AvgIpc) is 2.82. The molecule has 3 heterocycles. The highest BCUT2D eigenvalue weighted by Crippen LogP contribution is 2.25. The van der Waals surface area contributed by atoms with Gasteiger partial charge >= 0.3 is 0 Å². The molecule has 2 aliphatic rings. The van der Waals surface area contributed by atoms with E-state index in [4.69, 9.17) is 0 Å². The number of imidazole rings is 1. The number of likely N-dealkylation sites (N-methyl/N-ethyl adjacent to an activating group) is 1. The van der Waals surface area contributed by atoms with Gasteiger partial charge in [0.15, 0.2) is 0 Å².